The monoisotopic (exact) mass is 302 g/mol. The zero-order valence-corrected chi connectivity index (χ0v) is 12.9. The molecule has 0 spiro atoms. The Bertz CT molecular complexity index is 644. The van der Waals surface area contributed by atoms with Crippen LogP contribution in [-0.4, -0.2) is 40.8 Å². The van der Waals surface area contributed by atoms with E-state index in [4.69, 9.17) is 4.52 Å². The van der Waals surface area contributed by atoms with Gasteiger partial charge in [0.2, 0.25) is 5.91 Å². The van der Waals surface area contributed by atoms with Crippen LogP contribution < -0.4 is 0 Å². The summed E-state index contributed by atoms with van der Waals surface area (Å²) in [6.07, 6.45) is 4.19. The molecule has 0 bridgehead atoms. The van der Waals surface area contributed by atoms with Crippen molar-refractivity contribution >= 4 is 16.9 Å². The van der Waals surface area contributed by atoms with E-state index >= 15 is 0 Å². The van der Waals surface area contributed by atoms with Crippen molar-refractivity contribution in [3.63, 3.8) is 0 Å². The smallest absolute Gasteiger partial charge is 0.228 e. The first kappa shape index (κ1) is 15.0. The number of nitrogens with zero attached hydrogens (tertiary/aromatic N) is 2. The summed E-state index contributed by atoms with van der Waals surface area (Å²) in [6.45, 7) is 0.259. The fraction of sp³-hybridized carbons (Fsp3) is 0.529. The van der Waals surface area contributed by atoms with Crippen molar-refractivity contribution in [3.05, 3.63) is 30.0 Å². The Morgan fingerprint density at radius 2 is 2.05 bits per heavy atom. The van der Waals surface area contributed by atoms with Crippen molar-refractivity contribution in [2.75, 3.05) is 13.7 Å². The number of hydrogen-bond acceptors (Lipinski definition) is 4. The van der Waals surface area contributed by atoms with Crippen LogP contribution in [0.4, 0.5) is 0 Å². The van der Waals surface area contributed by atoms with Crippen LogP contribution in [0.5, 0.6) is 0 Å². The summed E-state index contributed by atoms with van der Waals surface area (Å²) in [5.74, 6) is 0.478. The molecule has 1 aromatic heterocycles. The molecule has 1 aliphatic carbocycles. The maximum atomic E-state index is 12.5. The summed E-state index contributed by atoms with van der Waals surface area (Å²) in [4.78, 5) is 14.3. The highest BCUT2D eigenvalue weighted by molar-refractivity contribution is 5.86. The van der Waals surface area contributed by atoms with Gasteiger partial charge in [0.05, 0.1) is 6.42 Å². The molecule has 5 nitrogen and oxygen atoms in total. The highest BCUT2D eigenvalue weighted by Crippen LogP contribution is 2.27. The molecule has 0 atom stereocenters. The quantitative estimate of drug-likeness (QED) is 0.941. The van der Waals surface area contributed by atoms with Crippen molar-refractivity contribution in [3.8, 4) is 0 Å². The van der Waals surface area contributed by atoms with Crippen LogP contribution in [0.2, 0.25) is 0 Å². The van der Waals surface area contributed by atoms with Gasteiger partial charge in [-0.2, -0.15) is 0 Å². The van der Waals surface area contributed by atoms with Gasteiger partial charge in [0.25, 0.3) is 0 Å². The number of aliphatic hydroxyl groups excluding tert-OH is 1. The van der Waals surface area contributed by atoms with Crippen LogP contribution >= 0.6 is 0 Å². The Kier molecular flexibility index (Phi) is 4.43. The molecule has 1 heterocycles. The average molecular weight is 302 g/mol. The van der Waals surface area contributed by atoms with Gasteiger partial charge in [-0.25, -0.2) is 0 Å². The number of aliphatic hydroxyl groups is 1. The second kappa shape index (κ2) is 6.48. The minimum absolute atomic E-state index is 0.0755. The Labute approximate surface area is 129 Å². The van der Waals surface area contributed by atoms with Gasteiger partial charge in [0.1, 0.15) is 5.69 Å². The average Bonchev–Trinajstić information content (AvgIpc) is 2.97. The Morgan fingerprint density at radius 1 is 1.32 bits per heavy atom. The number of benzene rings is 1. The summed E-state index contributed by atoms with van der Waals surface area (Å²) >= 11 is 0. The van der Waals surface area contributed by atoms with Gasteiger partial charge in [-0.15, -0.1) is 0 Å². The number of para-hydroxylation sites is 1. The van der Waals surface area contributed by atoms with E-state index in [1.807, 2.05) is 36.2 Å². The SMILES string of the molecule is CN(C(=O)Cc1noc2ccccc12)C1CCC(CO)CC1. The van der Waals surface area contributed by atoms with Gasteiger partial charge in [-0.05, 0) is 43.7 Å². The molecule has 1 aromatic carbocycles. The fourth-order valence-electron chi connectivity index (χ4n) is 3.25. The maximum Gasteiger partial charge on any atom is 0.228 e. The van der Waals surface area contributed by atoms with Crippen LogP contribution in [0, 0.1) is 5.92 Å². The molecule has 1 saturated carbocycles. The molecular weight excluding hydrogens is 280 g/mol. The fourth-order valence-corrected chi connectivity index (χ4v) is 3.25. The van der Waals surface area contributed by atoms with Gasteiger partial charge in [-0.3, -0.25) is 4.79 Å². The summed E-state index contributed by atoms with van der Waals surface area (Å²) in [7, 11) is 1.87. The first-order valence-corrected chi connectivity index (χ1v) is 7.89. The number of likely N-dealkylation sites (N-methyl/N-ethyl adjacent to an activating group) is 1. The van der Waals surface area contributed by atoms with Crippen molar-refractivity contribution < 1.29 is 14.4 Å². The molecule has 118 valence electrons. The maximum absolute atomic E-state index is 12.5. The molecule has 1 amide bonds. The molecule has 0 unspecified atom stereocenters. The minimum atomic E-state index is 0.0755. The summed E-state index contributed by atoms with van der Waals surface area (Å²) in [5, 5.41) is 14.1. The van der Waals surface area contributed by atoms with E-state index in [-0.39, 0.29) is 25.0 Å². The van der Waals surface area contributed by atoms with Gasteiger partial charge in [0.15, 0.2) is 5.58 Å². The van der Waals surface area contributed by atoms with E-state index in [9.17, 15) is 9.90 Å². The van der Waals surface area contributed by atoms with Crippen LogP contribution in [0.3, 0.4) is 0 Å². The van der Waals surface area contributed by atoms with Crippen LogP contribution in [0.15, 0.2) is 28.8 Å². The van der Waals surface area contributed by atoms with Crippen LogP contribution in [-0.2, 0) is 11.2 Å². The van der Waals surface area contributed by atoms with Crippen LogP contribution in [0.1, 0.15) is 31.4 Å². The molecule has 22 heavy (non-hydrogen) atoms. The molecule has 1 N–H and O–H groups in total. The van der Waals surface area contributed by atoms with Gasteiger partial charge >= 0.3 is 0 Å². The molecule has 2 aromatic rings. The zero-order chi connectivity index (χ0) is 15.5. The predicted molar refractivity (Wildman–Crippen MR) is 83.3 cm³/mol. The highest BCUT2D eigenvalue weighted by Gasteiger charge is 2.26. The molecule has 0 radical (unpaired) electrons. The number of amides is 1. The van der Waals surface area contributed by atoms with E-state index in [0.717, 1.165) is 36.7 Å². The molecule has 5 heteroatoms. The van der Waals surface area contributed by atoms with E-state index in [0.29, 0.717) is 11.6 Å². The zero-order valence-electron chi connectivity index (χ0n) is 12.9. The third kappa shape index (κ3) is 2.99. The summed E-state index contributed by atoms with van der Waals surface area (Å²) in [6, 6.07) is 7.88. The van der Waals surface area contributed by atoms with E-state index in [2.05, 4.69) is 5.16 Å². The van der Waals surface area contributed by atoms with Gasteiger partial charge in [0, 0.05) is 25.1 Å². The van der Waals surface area contributed by atoms with E-state index in [1.54, 1.807) is 0 Å². The lowest BCUT2D eigenvalue weighted by Gasteiger charge is -2.34. The molecule has 3 rings (SSSR count). The van der Waals surface area contributed by atoms with Gasteiger partial charge < -0.3 is 14.5 Å². The number of hydrogen-bond donors (Lipinski definition) is 1. The number of carbonyl (C=O) groups is 1. The van der Waals surface area contributed by atoms with Crippen molar-refractivity contribution in [1.82, 2.24) is 10.1 Å². The second-order valence-electron chi connectivity index (χ2n) is 6.16. The third-order valence-corrected chi connectivity index (χ3v) is 4.79. The largest absolute Gasteiger partial charge is 0.396 e. The minimum Gasteiger partial charge on any atom is -0.396 e. The summed E-state index contributed by atoms with van der Waals surface area (Å²) < 4.78 is 5.26. The van der Waals surface area contributed by atoms with Crippen molar-refractivity contribution in [2.24, 2.45) is 5.92 Å². The molecular formula is C17H22N2O3. The van der Waals surface area contributed by atoms with Crippen molar-refractivity contribution in [2.45, 2.75) is 38.1 Å². The predicted octanol–water partition coefficient (Wildman–Crippen LogP) is 2.38. The van der Waals surface area contributed by atoms with Crippen LogP contribution in [0.25, 0.3) is 11.0 Å². The first-order chi connectivity index (χ1) is 10.7. The normalized spacial score (nSPS) is 21.9. The molecule has 0 saturated heterocycles. The lowest BCUT2D eigenvalue weighted by Crippen LogP contribution is -2.40. The summed E-state index contributed by atoms with van der Waals surface area (Å²) in [5.41, 5.74) is 1.42. The number of carbonyl (C=O) groups excluding carboxylic acids is 1. The van der Waals surface area contributed by atoms with Crippen molar-refractivity contribution in [1.29, 1.82) is 0 Å². The lowest BCUT2D eigenvalue weighted by molar-refractivity contribution is -0.132. The number of rotatable bonds is 4. The Hall–Kier alpha value is -1.88. The third-order valence-electron chi connectivity index (χ3n) is 4.79. The second-order valence-corrected chi connectivity index (χ2v) is 6.16. The highest BCUT2D eigenvalue weighted by atomic mass is 16.5. The molecule has 0 aliphatic heterocycles. The lowest BCUT2D eigenvalue weighted by atomic mass is 9.86. The Morgan fingerprint density at radius 3 is 2.77 bits per heavy atom. The first-order valence-electron chi connectivity index (χ1n) is 7.89. The van der Waals surface area contributed by atoms with Gasteiger partial charge in [-0.1, -0.05) is 17.3 Å². The Balaban J connectivity index is 1.64. The van der Waals surface area contributed by atoms with E-state index in [1.165, 1.54) is 0 Å². The topological polar surface area (TPSA) is 66.6 Å². The molecule has 1 fully saturated rings. The molecule has 1 aliphatic rings. The standard InChI is InChI=1S/C17H22N2O3/c1-19(13-8-6-12(11-20)7-9-13)17(21)10-15-14-4-2-3-5-16(14)22-18-15/h2-5,12-13,20H,6-11H2,1H3. The number of aromatic nitrogens is 1. The number of fused-ring (bicyclic) bond motifs is 1. The van der Waals surface area contributed by atoms with E-state index < -0.39 is 0 Å².